The summed E-state index contributed by atoms with van der Waals surface area (Å²) in [5.41, 5.74) is 0.746. The van der Waals surface area contributed by atoms with Gasteiger partial charge in [0.15, 0.2) is 6.10 Å². The predicted molar refractivity (Wildman–Crippen MR) is 70.4 cm³/mol. The number of benzene rings is 1. The third kappa shape index (κ3) is 6.59. The van der Waals surface area contributed by atoms with Gasteiger partial charge < -0.3 is 9.84 Å². The molecule has 0 aliphatic rings. The van der Waals surface area contributed by atoms with E-state index >= 15 is 0 Å². The summed E-state index contributed by atoms with van der Waals surface area (Å²) in [6, 6.07) is 8.75. The molecule has 1 N–H and O–H groups in total. The molecule has 4 nitrogen and oxygen atoms in total. The van der Waals surface area contributed by atoms with Crippen LogP contribution in [0.3, 0.4) is 0 Å². The lowest BCUT2D eigenvalue weighted by Gasteiger charge is -2.25. The van der Waals surface area contributed by atoms with Gasteiger partial charge in [0.1, 0.15) is 0 Å². The third-order valence-electron chi connectivity index (χ3n) is 2.72. The Labute approximate surface area is 121 Å². The zero-order valence-corrected chi connectivity index (χ0v) is 11.6. The number of carbonyl (C=O) groups excluding carboxylic acids is 1. The van der Waals surface area contributed by atoms with Crippen LogP contribution in [-0.2, 0) is 16.1 Å². The highest BCUT2D eigenvalue weighted by atomic mass is 19.4. The average molecular weight is 305 g/mol. The highest BCUT2D eigenvalue weighted by molar-refractivity contribution is 5.71. The first-order valence-corrected chi connectivity index (χ1v) is 6.49. The molecule has 0 amide bonds. The number of rotatable bonds is 7. The minimum absolute atomic E-state index is 0.118. The molecule has 0 saturated carbocycles. The molecule has 1 unspecified atom stereocenters. The lowest BCUT2D eigenvalue weighted by molar-refractivity contribution is -0.209. The zero-order valence-electron chi connectivity index (χ0n) is 11.6. The molecule has 1 aromatic carbocycles. The Morgan fingerprint density at radius 1 is 1.33 bits per heavy atom. The van der Waals surface area contributed by atoms with Crippen LogP contribution >= 0.6 is 0 Å². The molecule has 1 rings (SSSR count). The zero-order chi connectivity index (χ0) is 15.9. The van der Waals surface area contributed by atoms with E-state index < -0.39 is 24.8 Å². The van der Waals surface area contributed by atoms with Gasteiger partial charge in [-0.05, 0) is 12.5 Å². The molecular formula is C14H18F3NO3. The van der Waals surface area contributed by atoms with Gasteiger partial charge in [0.2, 0.25) is 0 Å². The van der Waals surface area contributed by atoms with E-state index in [4.69, 9.17) is 9.84 Å². The fourth-order valence-electron chi connectivity index (χ4n) is 1.76. The Morgan fingerprint density at radius 2 is 1.95 bits per heavy atom. The molecule has 0 aliphatic carbocycles. The molecule has 118 valence electrons. The Morgan fingerprint density at radius 3 is 2.48 bits per heavy atom. The highest BCUT2D eigenvalue weighted by Gasteiger charge is 2.39. The number of ether oxygens (including phenoxy) is 1. The van der Waals surface area contributed by atoms with Crippen molar-refractivity contribution in [3.63, 3.8) is 0 Å². The normalized spacial score (nSPS) is 13.2. The molecule has 0 aliphatic heterocycles. The summed E-state index contributed by atoms with van der Waals surface area (Å²) in [6.45, 7) is 0.893. The quantitative estimate of drug-likeness (QED) is 0.783. The van der Waals surface area contributed by atoms with Gasteiger partial charge in [-0.1, -0.05) is 30.3 Å². The topological polar surface area (TPSA) is 49.8 Å². The van der Waals surface area contributed by atoms with E-state index in [1.165, 1.54) is 4.90 Å². The molecule has 21 heavy (non-hydrogen) atoms. The number of aliphatic hydroxyl groups excluding tert-OH is 1. The maximum atomic E-state index is 12.4. The van der Waals surface area contributed by atoms with E-state index in [0.29, 0.717) is 0 Å². The molecule has 0 fully saturated rings. The molecular weight excluding hydrogens is 287 g/mol. The summed E-state index contributed by atoms with van der Waals surface area (Å²) in [6.07, 6.45) is -7.22. The molecule has 7 heteroatoms. The monoisotopic (exact) mass is 305 g/mol. The second-order valence-electron chi connectivity index (χ2n) is 4.52. The van der Waals surface area contributed by atoms with Crippen LogP contribution in [0.1, 0.15) is 12.5 Å². The van der Waals surface area contributed by atoms with Gasteiger partial charge in [0, 0.05) is 13.1 Å². The maximum Gasteiger partial charge on any atom is 0.415 e. The molecule has 0 aromatic heterocycles. The fourth-order valence-corrected chi connectivity index (χ4v) is 1.76. The van der Waals surface area contributed by atoms with Gasteiger partial charge in [0.05, 0.1) is 13.2 Å². The minimum Gasteiger partial charge on any atom is -0.465 e. The summed E-state index contributed by atoms with van der Waals surface area (Å²) < 4.78 is 42.1. The molecule has 0 saturated heterocycles. The summed E-state index contributed by atoms with van der Waals surface area (Å²) in [7, 11) is 0. The number of nitrogens with zero attached hydrogens (tertiary/aromatic N) is 1. The second-order valence-corrected chi connectivity index (χ2v) is 4.52. The first-order valence-electron chi connectivity index (χ1n) is 6.49. The van der Waals surface area contributed by atoms with Crippen molar-refractivity contribution < 1.29 is 27.8 Å². The Kier molecular flexibility index (Phi) is 6.64. The fraction of sp³-hybridized carbons (Fsp3) is 0.500. The van der Waals surface area contributed by atoms with Gasteiger partial charge in [0.25, 0.3) is 0 Å². The first-order chi connectivity index (χ1) is 9.82. The van der Waals surface area contributed by atoms with Gasteiger partial charge >= 0.3 is 12.1 Å². The van der Waals surface area contributed by atoms with E-state index in [9.17, 15) is 18.0 Å². The van der Waals surface area contributed by atoms with Gasteiger partial charge in [-0.3, -0.25) is 9.69 Å². The molecule has 0 bridgehead atoms. The van der Waals surface area contributed by atoms with Crippen molar-refractivity contribution in [3.05, 3.63) is 35.9 Å². The summed E-state index contributed by atoms with van der Waals surface area (Å²) in [5, 5.41) is 9.16. The Bertz CT molecular complexity index is 437. The van der Waals surface area contributed by atoms with Crippen LogP contribution in [-0.4, -0.2) is 48.0 Å². The third-order valence-corrected chi connectivity index (χ3v) is 2.72. The molecule has 1 atom stereocenters. The molecule has 1 aromatic rings. The first kappa shape index (κ1) is 17.5. The highest BCUT2D eigenvalue weighted by Crippen LogP contribution is 2.21. The predicted octanol–water partition coefficient (Wildman–Crippen LogP) is 1.97. The van der Waals surface area contributed by atoms with Gasteiger partial charge in [-0.2, -0.15) is 13.2 Å². The van der Waals surface area contributed by atoms with Crippen molar-refractivity contribution >= 4 is 5.97 Å². The number of alkyl halides is 3. The van der Waals surface area contributed by atoms with Crippen LogP contribution in [0.25, 0.3) is 0 Å². The van der Waals surface area contributed by atoms with E-state index in [1.807, 2.05) is 0 Å². The number of aliphatic hydroxyl groups is 1. The van der Waals surface area contributed by atoms with Crippen LogP contribution in [0.2, 0.25) is 0 Å². The standard InChI is InChI=1S/C14H18F3NO3/c1-2-21-13(20)10-18(9-12(19)14(15,16)17)8-11-6-4-3-5-7-11/h3-7,12,19H,2,8-10H2,1H3. The number of halogens is 3. The Balaban J connectivity index is 2.72. The van der Waals surface area contributed by atoms with E-state index in [2.05, 4.69) is 0 Å². The van der Waals surface area contributed by atoms with Crippen molar-refractivity contribution in [1.29, 1.82) is 0 Å². The lowest BCUT2D eigenvalue weighted by Crippen LogP contribution is -2.42. The lowest BCUT2D eigenvalue weighted by atomic mass is 10.2. The largest absolute Gasteiger partial charge is 0.465 e. The maximum absolute atomic E-state index is 12.4. The van der Waals surface area contributed by atoms with Crippen molar-refractivity contribution in [2.75, 3.05) is 19.7 Å². The van der Waals surface area contributed by atoms with Gasteiger partial charge in [-0.25, -0.2) is 0 Å². The molecule has 0 spiro atoms. The number of hydrogen-bond acceptors (Lipinski definition) is 4. The minimum atomic E-state index is -4.72. The van der Waals surface area contributed by atoms with Crippen molar-refractivity contribution in [2.45, 2.75) is 25.7 Å². The smallest absolute Gasteiger partial charge is 0.415 e. The van der Waals surface area contributed by atoms with Crippen LogP contribution in [0.5, 0.6) is 0 Å². The second kappa shape index (κ2) is 7.99. The van der Waals surface area contributed by atoms with Crippen LogP contribution in [0, 0.1) is 0 Å². The van der Waals surface area contributed by atoms with Crippen LogP contribution in [0.15, 0.2) is 30.3 Å². The summed E-state index contributed by atoms with van der Waals surface area (Å²) >= 11 is 0. The SMILES string of the molecule is CCOC(=O)CN(Cc1ccccc1)CC(O)C(F)(F)F. The van der Waals surface area contributed by atoms with Crippen LogP contribution < -0.4 is 0 Å². The number of esters is 1. The van der Waals surface area contributed by atoms with E-state index in [0.717, 1.165) is 5.56 Å². The number of carbonyl (C=O) groups is 1. The average Bonchev–Trinajstić information content (AvgIpc) is 2.38. The summed E-state index contributed by atoms with van der Waals surface area (Å²) in [4.78, 5) is 12.7. The van der Waals surface area contributed by atoms with Crippen LogP contribution in [0.4, 0.5) is 13.2 Å². The van der Waals surface area contributed by atoms with Crippen molar-refractivity contribution in [3.8, 4) is 0 Å². The molecule has 0 radical (unpaired) electrons. The molecule has 0 heterocycles. The Hall–Kier alpha value is -1.60. The van der Waals surface area contributed by atoms with Crippen molar-refractivity contribution in [1.82, 2.24) is 4.90 Å². The number of hydrogen-bond donors (Lipinski definition) is 1. The van der Waals surface area contributed by atoms with E-state index in [-0.39, 0.29) is 19.7 Å². The van der Waals surface area contributed by atoms with Crippen molar-refractivity contribution in [2.24, 2.45) is 0 Å². The van der Waals surface area contributed by atoms with Gasteiger partial charge in [-0.15, -0.1) is 0 Å². The van der Waals surface area contributed by atoms with E-state index in [1.54, 1.807) is 37.3 Å². The summed E-state index contributed by atoms with van der Waals surface area (Å²) in [5.74, 6) is -0.622.